The zero-order chi connectivity index (χ0) is 12.8. The molecule has 0 fully saturated rings. The second kappa shape index (κ2) is 3.76. The predicted molar refractivity (Wildman–Crippen MR) is 67.3 cm³/mol. The van der Waals surface area contributed by atoms with Crippen molar-refractivity contribution < 1.29 is 9.90 Å². The lowest BCUT2D eigenvalue weighted by Crippen LogP contribution is -2.49. The minimum absolute atomic E-state index is 0.0712. The molecule has 0 atom stereocenters. The average Bonchev–Trinajstić information content (AvgIpc) is 2.19. The monoisotopic (exact) mass is 233 g/mol. The highest BCUT2D eigenvalue weighted by Crippen LogP contribution is 2.29. The molecule has 1 aliphatic rings. The molecule has 0 saturated carbocycles. The number of aromatic hydroxyl groups is 1. The maximum absolute atomic E-state index is 12.4. The minimum Gasteiger partial charge on any atom is -0.508 e. The van der Waals surface area contributed by atoms with E-state index in [4.69, 9.17) is 0 Å². The van der Waals surface area contributed by atoms with Gasteiger partial charge in [-0.25, -0.2) is 0 Å². The Morgan fingerprint density at radius 2 is 1.94 bits per heavy atom. The number of phenolic OH excluding ortho intramolecular Hbond substituents is 1. The Hall–Kier alpha value is -1.51. The number of hydrogen-bond acceptors (Lipinski definition) is 2. The Morgan fingerprint density at radius 1 is 1.29 bits per heavy atom. The molecular weight excluding hydrogens is 214 g/mol. The quantitative estimate of drug-likeness (QED) is 0.748. The molecule has 3 heteroatoms. The summed E-state index contributed by atoms with van der Waals surface area (Å²) < 4.78 is 0. The normalized spacial score (nSPS) is 16.0. The molecule has 0 radical (unpaired) electrons. The second-order valence-electron chi connectivity index (χ2n) is 5.67. The number of rotatable bonds is 0. The molecule has 1 aromatic carbocycles. The zero-order valence-corrected chi connectivity index (χ0v) is 10.9. The third-order valence-electron chi connectivity index (χ3n) is 3.31. The van der Waals surface area contributed by atoms with Crippen LogP contribution in [0.1, 0.15) is 42.3 Å². The highest BCUT2D eigenvalue weighted by molar-refractivity contribution is 5.97. The van der Waals surface area contributed by atoms with Crippen molar-refractivity contribution in [2.75, 3.05) is 6.54 Å². The van der Waals surface area contributed by atoms with Gasteiger partial charge >= 0.3 is 0 Å². The van der Waals surface area contributed by atoms with Crippen LogP contribution >= 0.6 is 0 Å². The molecule has 0 aliphatic carbocycles. The van der Waals surface area contributed by atoms with Crippen LogP contribution in [0.3, 0.4) is 0 Å². The maximum atomic E-state index is 12.4. The van der Waals surface area contributed by atoms with Crippen LogP contribution in [0.25, 0.3) is 0 Å². The molecule has 1 aliphatic heterocycles. The Bertz CT molecular complexity index is 472. The van der Waals surface area contributed by atoms with Crippen LogP contribution in [0.15, 0.2) is 12.1 Å². The smallest absolute Gasteiger partial charge is 0.254 e. The predicted octanol–water partition coefficient (Wildman–Crippen LogP) is 2.50. The van der Waals surface area contributed by atoms with Gasteiger partial charge in [-0.3, -0.25) is 4.79 Å². The molecule has 0 unspecified atom stereocenters. The number of hydrogen-bond donors (Lipinski definition) is 1. The summed E-state index contributed by atoms with van der Waals surface area (Å²) in [6.45, 7) is 8.67. The van der Waals surface area contributed by atoms with E-state index in [2.05, 4.69) is 0 Å². The molecule has 0 bridgehead atoms. The van der Waals surface area contributed by atoms with Gasteiger partial charge in [0.15, 0.2) is 0 Å². The van der Waals surface area contributed by atoms with E-state index in [0.29, 0.717) is 0 Å². The first-order valence-corrected chi connectivity index (χ1v) is 5.95. The first kappa shape index (κ1) is 12.0. The van der Waals surface area contributed by atoms with E-state index in [-0.39, 0.29) is 17.2 Å². The number of aryl methyl sites for hydroxylation is 1. The molecule has 0 aromatic heterocycles. The summed E-state index contributed by atoms with van der Waals surface area (Å²) in [4.78, 5) is 14.3. The topological polar surface area (TPSA) is 40.5 Å². The fourth-order valence-corrected chi connectivity index (χ4v) is 2.26. The van der Waals surface area contributed by atoms with Gasteiger partial charge in [0.2, 0.25) is 0 Å². The van der Waals surface area contributed by atoms with Crippen LogP contribution in [-0.4, -0.2) is 28.0 Å². The molecule has 92 valence electrons. The van der Waals surface area contributed by atoms with Crippen LogP contribution in [-0.2, 0) is 6.42 Å². The third kappa shape index (κ3) is 2.02. The fourth-order valence-electron chi connectivity index (χ4n) is 2.26. The highest BCUT2D eigenvalue weighted by atomic mass is 16.3. The minimum atomic E-state index is -0.152. The molecule has 0 saturated heterocycles. The molecule has 17 heavy (non-hydrogen) atoms. The third-order valence-corrected chi connectivity index (χ3v) is 3.31. The molecular formula is C14H19NO2. The largest absolute Gasteiger partial charge is 0.508 e. The number of benzene rings is 1. The van der Waals surface area contributed by atoms with Gasteiger partial charge in [0.25, 0.3) is 5.91 Å². The van der Waals surface area contributed by atoms with Crippen molar-refractivity contribution >= 4 is 5.91 Å². The zero-order valence-electron chi connectivity index (χ0n) is 10.9. The van der Waals surface area contributed by atoms with Gasteiger partial charge in [-0.2, -0.15) is 0 Å². The SMILES string of the molecule is Cc1cc2c(cc1O)CCN(C(C)(C)C)C2=O. The molecule has 2 rings (SSSR count). The summed E-state index contributed by atoms with van der Waals surface area (Å²) in [6, 6.07) is 3.52. The van der Waals surface area contributed by atoms with Gasteiger partial charge in [0.05, 0.1) is 0 Å². The number of amides is 1. The van der Waals surface area contributed by atoms with Crippen molar-refractivity contribution in [2.24, 2.45) is 0 Å². The second-order valence-corrected chi connectivity index (χ2v) is 5.67. The Balaban J connectivity index is 2.46. The lowest BCUT2D eigenvalue weighted by molar-refractivity contribution is 0.0562. The number of phenols is 1. The summed E-state index contributed by atoms with van der Waals surface area (Å²) in [5, 5.41) is 9.66. The van der Waals surface area contributed by atoms with Crippen LogP contribution in [0, 0.1) is 6.92 Å². The van der Waals surface area contributed by atoms with Crippen LogP contribution in [0.2, 0.25) is 0 Å². The number of carbonyl (C=O) groups excluding carboxylic acids is 1. The van der Waals surface area contributed by atoms with Crippen LogP contribution in [0.5, 0.6) is 5.75 Å². The van der Waals surface area contributed by atoms with Crippen molar-refractivity contribution in [1.29, 1.82) is 0 Å². The van der Waals surface area contributed by atoms with E-state index in [1.807, 2.05) is 32.6 Å². The van der Waals surface area contributed by atoms with Gasteiger partial charge in [0.1, 0.15) is 5.75 Å². The van der Waals surface area contributed by atoms with Crippen molar-refractivity contribution in [3.05, 3.63) is 28.8 Å². The number of nitrogens with zero attached hydrogens (tertiary/aromatic N) is 1. The average molecular weight is 233 g/mol. The molecule has 1 aromatic rings. The summed E-state index contributed by atoms with van der Waals surface area (Å²) in [6.07, 6.45) is 0.812. The first-order chi connectivity index (χ1) is 7.80. The standard InChI is InChI=1S/C14H19NO2/c1-9-7-11-10(8-12(9)16)5-6-15(13(11)17)14(2,3)4/h7-8,16H,5-6H2,1-4H3. The first-order valence-electron chi connectivity index (χ1n) is 5.95. The Kier molecular flexibility index (Phi) is 2.64. The van der Waals surface area contributed by atoms with Gasteiger partial charge in [-0.15, -0.1) is 0 Å². The lowest BCUT2D eigenvalue weighted by atomic mass is 9.93. The highest BCUT2D eigenvalue weighted by Gasteiger charge is 2.32. The lowest BCUT2D eigenvalue weighted by Gasteiger charge is -2.39. The molecule has 1 heterocycles. The number of fused-ring (bicyclic) bond motifs is 1. The molecule has 1 amide bonds. The maximum Gasteiger partial charge on any atom is 0.254 e. The van der Waals surface area contributed by atoms with Crippen molar-refractivity contribution in [1.82, 2.24) is 4.90 Å². The van der Waals surface area contributed by atoms with Crippen molar-refractivity contribution in [2.45, 2.75) is 39.7 Å². The van der Waals surface area contributed by atoms with E-state index < -0.39 is 0 Å². The van der Waals surface area contributed by atoms with Gasteiger partial charge in [0, 0.05) is 17.6 Å². The molecule has 0 spiro atoms. The van der Waals surface area contributed by atoms with Crippen molar-refractivity contribution in [3.63, 3.8) is 0 Å². The molecule has 1 N–H and O–H groups in total. The summed E-state index contributed by atoms with van der Waals surface area (Å²) in [5.41, 5.74) is 2.30. The van der Waals surface area contributed by atoms with Gasteiger partial charge in [-0.05, 0) is 57.4 Å². The van der Waals surface area contributed by atoms with E-state index in [0.717, 1.165) is 29.7 Å². The summed E-state index contributed by atoms with van der Waals surface area (Å²) in [5.74, 6) is 0.350. The number of carbonyl (C=O) groups is 1. The van der Waals surface area contributed by atoms with Gasteiger partial charge in [-0.1, -0.05) is 0 Å². The van der Waals surface area contributed by atoms with Crippen LogP contribution < -0.4 is 0 Å². The Morgan fingerprint density at radius 3 is 2.53 bits per heavy atom. The van der Waals surface area contributed by atoms with E-state index in [1.165, 1.54) is 0 Å². The van der Waals surface area contributed by atoms with Crippen molar-refractivity contribution in [3.8, 4) is 5.75 Å². The Labute approximate surface area is 102 Å². The van der Waals surface area contributed by atoms with Crippen LogP contribution in [0.4, 0.5) is 0 Å². The molecule has 3 nitrogen and oxygen atoms in total. The van der Waals surface area contributed by atoms with E-state index in [9.17, 15) is 9.90 Å². The van der Waals surface area contributed by atoms with E-state index >= 15 is 0 Å². The summed E-state index contributed by atoms with van der Waals surface area (Å²) in [7, 11) is 0. The summed E-state index contributed by atoms with van der Waals surface area (Å²) >= 11 is 0. The van der Waals surface area contributed by atoms with E-state index in [1.54, 1.807) is 12.1 Å². The van der Waals surface area contributed by atoms with Gasteiger partial charge < -0.3 is 10.0 Å². The fraction of sp³-hybridized carbons (Fsp3) is 0.500.